The van der Waals surface area contributed by atoms with Gasteiger partial charge in [-0.25, -0.2) is 4.79 Å². The number of hydrogen-bond donors (Lipinski definition) is 3. The fourth-order valence-electron chi connectivity index (χ4n) is 2.04. The summed E-state index contributed by atoms with van der Waals surface area (Å²) in [6.45, 7) is 9.12. The van der Waals surface area contributed by atoms with Crippen LogP contribution in [-0.4, -0.2) is 34.7 Å². The molecule has 3 N–H and O–H groups in total. The first-order valence-corrected chi connectivity index (χ1v) is 6.70. The molecule has 0 radical (unpaired) electrons. The van der Waals surface area contributed by atoms with Crippen molar-refractivity contribution >= 4 is 6.09 Å². The monoisotopic (exact) mass is 271 g/mol. The van der Waals surface area contributed by atoms with Gasteiger partial charge in [-0.2, -0.15) is 0 Å². The Morgan fingerprint density at radius 3 is 2.63 bits per heavy atom. The summed E-state index contributed by atoms with van der Waals surface area (Å²) in [7, 11) is 0. The summed E-state index contributed by atoms with van der Waals surface area (Å²) in [5, 5.41) is 21.1. The molecule has 0 saturated heterocycles. The van der Waals surface area contributed by atoms with Crippen LogP contribution in [0.15, 0.2) is 12.7 Å². The predicted molar refractivity (Wildman–Crippen MR) is 72.4 cm³/mol. The molecule has 1 rings (SSSR count). The van der Waals surface area contributed by atoms with Crippen LogP contribution in [0.1, 0.15) is 40.0 Å². The Bertz CT molecular complexity index is 322. The van der Waals surface area contributed by atoms with Gasteiger partial charge in [-0.15, -0.1) is 6.58 Å². The number of carbonyl (C=O) groups excluding carboxylic acids is 1. The molecule has 0 aromatic heterocycles. The molecule has 0 unspecified atom stereocenters. The van der Waals surface area contributed by atoms with Crippen molar-refractivity contribution in [2.45, 2.75) is 58.5 Å². The molecule has 1 fully saturated rings. The lowest BCUT2D eigenvalue weighted by molar-refractivity contribution is -0.0909. The van der Waals surface area contributed by atoms with Crippen molar-refractivity contribution in [2.75, 3.05) is 0 Å². The number of amides is 1. The van der Waals surface area contributed by atoms with E-state index in [9.17, 15) is 15.0 Å². The second-order valence-electron chi connectivity index (χ2n) is 6.21. The van der Waals surface area contributed by atoms with E-state index in [1.807, 2.05) is 26.8 Å². The van der Waals surface area contributed by atoms with Crippen molar-refractivity contribution in [3.05, 3.63) is 12.7 Å². The molecule has 0 spiro atoms. The van der Waals surface area contributed by atoms with Crippen LogP contribution >= 0.6 is 0 Å². The highest BCUT2D eigenvalue weighted by Crippen LogP contribution is 2.37. The highest BCUT2D eigenvalue weighted by atomic mass is 16.6. The minimum atomic E-state index is -1.61. The summed E-state index contributed by atoms with van der Waals surface area (Å²) in [6.07, 6.45) is 2.40. The molecule has 0 aromatic rings. The molecule has 110 valence electrons. The summed E-state index contributed by atoms with van der Waals surface area (Å²) < 4.78 is 5.24. The Morgan fingerprint density at radius 1 is 1.53 bits per heavy atom. The second kappa shape index (κ2) is 6.39. The molecule has 3 atom stereocenters. The summed E-state index contributed by atoms with van der Waals surface area (Å²) >= 11 is 0. The molecule has 1 saturated carbocycles. The number of rotatable bonds is 6. The van der Waals surface area contributed by atoms with E-state index in [0.29, 0.717) is 5.92 Å². The molecule has 0 heterocycles. The Kier molecular flexibility index (Phi) is 5.38. The topological polar surface area (TPSA) is 78.8 Å². The normalized spacial score (nSPS) is 23.9. The van der Waals surface area contributed by atoms with Gasteiger partial charge in [0.25, 0.3) is 0 Å². The van der Waals surface area contributed by atoms with Gasteiger partial charge in [-0.1, -0.05) is 26.8 Å². The predicted octanol–water partition coefficient (Wildman–Crippen LogP) is 1.79. The van der Waals surface area contributed by atoms with E-state index in [0.717, 1.165) is 19.3 Å². The van der Waals surface area contributed by atoms with Crippen LogP contribution < -0.4 is 5.32 Å². The minimum Gasteiger partial charge on any atom is -0.446 e. The maximum absolute atomic E-state index is 11.7. The average molecular weight is 271 g/mol. The number of hydrogen-bond acceptors (Lipinski definition) is 4. The van der Waals surface area contributed by atoms with Gasteiger partial charge >= 0.3 is 6.09 Å². The van der Waals surface area contributed by atoms with E-state index in [1.54, 1.807) is 0 Å². The summed E-state index contributed by atoms with van der Waals surface area (Å²) in [5.41, 5.74) is -0.459. The van der Waals surface area contributed by atoms with Crippen LogP contribution in [0, 0.1) is 11.3 Å². The maximum atomic E-state index is 11.7. The quantitative estimate of drug-likeness (QED) is 0.508. The van der Waals surface area contributed by atoms with Gasteiger partial charge < -0.3 is 20.3 Å². The molecule has 19 heavy (non-hydrogen) atoms. The number of allylic oxidation sites excluding steroid dienone is 1. The average Bonchev–Trinajstić information content (AvgIpc) is 2.99. The van der Waals surface area contributed by atoms with Crippen molar-refractivity contribution in [1.29, 1.82) is 0 Å². The summed E-state index contributed by atoms with van der Waals surface area (Å²) in [5.74, 6) is 0.413. The zero-order valence-corrected chi connectivity index (χ0v) is 11.9. The Labute approximate surface area is 114 Å². The molecule has 1 amide bonds. The third-order valence-corrected chi connectivity index (χ3v) is 3.36. The van der Waals surface area contributed by atoms with Crippen molar-refractivity contribution in [2.24, 2.45) is 11.3 Å². The van der Waals surface area contributed by atoms with Crippen LogP contribution in [-0.2, 0) is 4.74 Å². The van der Waals surface area contributed by atoms with Crippen LogP contribution in [0.25, 0.3) is 0 Å². The highest BCUT2D eigenvalue weighted by Gasteiger charge is 2.41. The lowest BCUT2D eigenvalue weighted by Crippen LogP contribution is -2.51. The first-order valence-electron chi connectivity index (χ1n) is 6.70. The molecule has 5 nitrogen and oxygen atoms in total. The first kappa shape index (κ1) is 16.0. The van der Waals surface area contributed by atoms with E-state index in [2.05, 4.69) is 11.9 Å². The number of carbonyl (C=O) groups is 1. The smallest absolute Gasteiger partial charge is 0.407 e. The van der Waals surface area contributed by atoms with Crippen LogP contribution in [0.4, 0.5) is 4.79 Å². The van der Waals surface area contributed by atoms with E-state index in [1.165, 1.54) is 0 Å². The molecule has 0 aromatic carbocycles. The summed E-state index contributed by atoms with van der Waals surface area (Å²) in [4.78, 5) is 11.7. The molecular formula is C14H25NO4. The number of aliphatic hydroxyl groups is 2. The molecule has 1 aliphatic rings. The number of ether oxygens (including phenoxy) is 1. The SMILES string of the molecule is C=CCC[C@@H]1C[C@H]1OC(=O)N[C@H](C(O)O)C(C)(C)C. The van der Waals surface area contributed by atoms with Gasteiger partial charge in [0.15, 0.2) is 6.29 Å². The fourth-order valence-corrected chi connectivity index (χ4v) is 2.04. The lowest BCUT2D eigenvalue weighted by Gasteiger charge is -2.32. The number of nitrogens with one attached hydrogen (secondary N) is 1. The highest BCUT2D eigenvalue weighted by molar-refractivity contribution is 5.68. The van der Waals surface area contributed by atoms with Crippen molar-refractivity contribution in [3.63, 3.8) is 0 Å². The minimum absolute atomic E-state index is 0.0450. The third kappa shape index (κ3) is 5.20. The van der Waals surface area contributed by atoms with E-state index >= 15 is 0 Å². The van der Waals surface area contributed by atoms with Crippen LogP contribution in [0.3, 0.4) is 0 Å². The zero-order chi connectivity index (χ0) is 14.6. The molecule has 5 heteroatoms. The van der Waals surface area contributed by atoms with Crippen molar-refractivity contribution in [3.8, 4) is 0 Å². The van der Waals surface area contributed by atoms with Crippen molar-refractivity contribution in [1.82, 2.24) is 5.32 Å². The van der Waals surface area contributed by atoms with E-state index in [4.69, 9.17) is 4.74 Å². The Morgan fingerprint density at radius 2 is 2.16 bits per heavy atom. The van der Waals surface area contributed by atoms with Crippen LogP contribution in [0.5, 0.6) is 0 Å². The second-order valence-corrected chi connectivity index (χ2v) is 6.21. The molecule has 0 bridgehead atoms. The molecule has 1 aliphatic carbocycles. The van der Waals surface area contributed by atoms with Gasteiger partial charge in [-0.05, 0) is 30.6 Å². The number of aliphatic hydroxyl groups excluding tert-OH is 1. The van der Waals surface area contributed by atoms with Gasteiger partial charge in [0.2, 0.25) is 0 Å². The Hall–Kier alpha value is -1.07. The van der Waals surface area contributed by atoms with Gasteiger partial charge in [0, 0.05) is 0 Å². The first-order chi connectivity index (χ1) is 8.75. The van der Waals surface area contributed by atoms with Gasteiger partial charge in [-0.3, -0.25) is 0 Å². The Balaban J connectivity index is 2.37. The standard InChI is InChI=1S/C14H25NO4/c1-5-6-7-9-8-10(9)19-13(18)15-11(12(16)17)14(2,3)4/h5,9-12,16-17H,1,6-8H2,2-4H3,(H,15,18)/t9-,10-,11-/m1/s1. The van der Waals surface area contributed by atoms with E-state index < -0.39 is 23.8 Å². The van der Waals surface area contributed by atoms with E-state index in [-0.39, 0.29) is 6.10 Å². The molecule has 0 aliphatic heterocycles. The molecular weight excluding hydrogens is 246 g/mol. The largest absolute Gasteiger partial charge is 0.446 e. The van der Waals surface area contributed by atoms with Gasteiger partial charge in [0.05, 0.1) is 6.04 Å². The van der Waals surface area contributed by atoms with Crippen molar-refractivity contribution < 1.29 is 19.7 Å². The third-order valence-electron chi connectivity index (χ3n) is 3.36. The van der Waals surface area contributed by atoms with Crippen LogP contribution in [0.2, 0.25) is 0 Å². The zero-order valence-electron chi connectivity index (χ0n) is 11.9. The van der Waals surface area contributed by atoms with Gasteiger partial charge in [0.1, 0.15) is 6.10 Å². The fraction of sp³-hybridized carbons (Fsp3) is 0.786. The number of alkyl carbamates (subject to hydrolysis) is 1. The maximum Gasteiger partial charge on any atom is 0.407 e. The summed E-state index contributed by atoms with van der Waals surface area (Å²) in [6, 6.07) is -0.759. The lowest BCUT2D eigenvalue weighted by atomic mass is 9.86.